The van der Waals surface area contributed by atoms with Crippen molar-refractivity contribution in [3.63, 3.8) is 0 Å². The van der Waals surface area contributed by atoms with E-state index in [2.05, 4.69) is 15.7 Å². The minimum Gasteiger partial charge on any atom is -0.343 e. The van der Waals surface area contributed by atoms with Gasteiger partial charge in [-0.1, -0.05) is 0 Å². The van der Waals surface area contributed by atoms with Crippen LogP contribution < -0.4 is 10.6 Å². The predicted molar refractivity (Wildman–Crippen MR) is 61.5 cm³/mol. The van der Waals surface area contributed by atoms with Crippen molar-refractivity contribution in [2.45, 2.75) is 31.6 Å². The van der Waals surface area contributed by atoms with E-state index in [0.717, 1.165) is 16.9 Å². The predicted octanol–water partition coefficient (Wildman–Crippen LogP) is -0.177. The Hall–Kier alpha value is -2.39. The molecule has 1 aliphatic rings. The summed E-state index contributed by atoms with van der Waals surface area (Å²) in [5.74, 6) is -1.72. The summed E-state index contributed by atoms with van der Waals surface area (Å²) in [7, 11) is 0. The van der Waals surface area contributed by atoms with Crippen LogP contribution in [0, 0.1) is 0 Å². The molecule has 1 fully saturated rings. The first kappa shape index (κ1) is 15.0. The molecule has 0 radical (unpaired) electrons. The summed E-state index contributed by atoms with van der Waals surface area (Å²) in [6.45, 7) is -0.451. The van der Waals surface area contributed by atoms with E-state index < -0.39 is 42.2 Å². The lowest BCUT2D eigenvalue weighted by Gasteiger charge is -2.21. The van der Waals surface area contributed by atoms with E-state index in [1.165, 1.54) is 0 Å². The number of piperidine rings is 1. The van der Waals surface area contributed by atoms with E-state index >= 15 is 0 Å². The number of alkyl halides is 3. The van der Waals surface area contributed by atoms with E-state index in [1.54, 1.807) is 0 Å². The van der Waals surface area contributed by atoms with Gasteiger partial charge < -0.3 is 5.32 Å². The van der Waals surface area contributed by atoms with E-state index in [1.807, 2.05) is 0 Å². The number of aromatic nitrogens is 2. The van der Waals surface area contributed by atoms with Crippen LogP contribution in [-0.4, -0.2) is 33.5 Å². The third-order valence-corrected chi connectivity index (χ3v) is 2.81. The molecular formula is C11H11F3N4O3. The number of hydrogen-bond acceptors (Lipinski definition) is 4. The van der Waals surface area contributed by atoms with Crippen molar-refractivity contribution in [1.82, 2.24) is 20.4 Å². The first-order chi connectivity index (χ1) is 9.75. The van der Waals surface area contributed by atoms with Crippen molar-refractivity contribution in [1.29, 1.82) is 0 Å². The van der Waals surface area contributed by atoms with Gasteiger partial charge in [0.15, 0.2) is 5.69 Å². The fourth-order valence-corrected chi connectivity index (χ4v) is 1.82. The molecule has 0 aromatic carbocycles. The minimum absolute atomic E-state index is 0.0939. The number of nitrogens with one attached hydrogen (secondary N) is 2. The van der Waals surface area contributed by atoms with Crippen molar-refractivity contribution >= 4 is 17.7 Å². The quantitative estimate of drug-likeness (QED) is 0.758. The molecule has 1 aliphatic heterocycles. The van der Waals surface area contributed by atoms with Crippen LogP contribution in [0.5, 0.6) is 0 Å². The normalized spacial score (nSPS) is 19.3. The molecule has 0 spiro atoms. The van der Waals surface area contributed by atoms with Gasteiger partial charge in [0.05, 0.1) is 0 Å². The zero-order valence-electron chi connectivity index (χ0n) is 10.6. The average Bonchev–Trinajstić information content (AvgIpc) is 2.81. The largest absolute Gasteiger partial charge is 0.435 e. The van der Waals surface area contributed by atoms with Gasteiger partial charge in [-0.3, -0.25) is 24.4 Å². The third-order valence-electron chi connectivity index (χ3n) is 2.81. The molecular weight excluding hydrogens is 293 g/mol. The van der Waals surface area contributed by atoms with Gasteiger partial charge in [-0.2, -0.15) is 18.3 Å². The molecule has 2 rings (SSSR count). The van der Waals surface area contributed by atoms with Crippen molar-refractivity contribution in [2.75, 3.05) is 0 Å². The summed E-state index contributed by atoms with van der Waals surface area (Å²) in [5, 5.41) is 7.62. The topological polar surface area (TPSA) is 93.1 Å². The van der Waals surface area contributed by atoms with Gasteiger partial charge in [0, 0.05) is 12.6 Å². The van der Waals surface area contributed by atoms with Crippen molar-refractivity contribution in [3.05, 3.63) is 18.0 Å². The highest BCUT2D eigenvalue weighted by Gasteiger charge is 2.34. The first-order valence-electron chi connectivity index (χ1n) is 5.99. The van der Waals surface area contributed by atoms with Gasteiger partial charge in [-0.15, -0.1) is 0 Å². The zero-order valence-corrected chi connectivity index (χ0v) is 10.6. The standard InChI is InChI=1S/C11H11F3N4O3/c12-11(13,14)7-3-4-18(17-7)5-9(20)15-6-1-2-8(19)16-10(6)21/h3-4,6H,1-2,5H2,(H,15,20)(H,16,19,21). The average molecular weight is 304 g/mol. The van der Waals surface area contributed by atoms with Gasteiger partial charge in [-0.25, -0.2) is 0 Å². The Morgan fingerprint density at radius 1 is 1.48 bits per heavy atom. The highest BCUT2D eigenvalue weighted by Crippen LogP contribution is 2.27. The van der Waals surface area contributed by atoms with Crippen LogP contribution >= 0.6 is 0 Å². The Bertz CT molecular complexity index is 582. The number of carbonyl (C=O) groups is 3. The fourth-order valence-electron chi connectivity index (χ4n) is 1.82. The number of imide groups is 1. The monoisotopic (exact) mass is 304 g/mol. The highest BCUT2D eigenvalue weighted by molar-refractivity contribution is 6.01. The number of carbonyl (C=O) groups excluding carboxylic acids is 3. The van der Waals surface area contributed by atoms with Crippen LogP contribution in [0.4, 0.5) is 13.2 Å². The molecule has 114 valence electrons. The summed E-state index contributed by atoms with van der Waals surface area (Å²) in [4.78, 5) is 34.0. The minimum atomic E-state index is -4.58. The zero-order chi connectivity index (χ0) is 15.6. The molecule has 1 saturated heterocycles. The Balaban J connectivity index is 1.91. The molecule has 1 aromatic rings. The van der Waals surface area contributed by atoms with Crippen molar-refractivity contribution < 1.29 is 27.6 Å². The van der Waals surface area contributed by atoms with Gasteiger partial charge in [0.2, 0.25) is 17.7 Å². The molecule has 3 amide bonds. The van der Waals surface area contributed by atoms with Gasteiger partial charge in [-0.05, 0) is 12.5 Å². The third kappa shape index (κ3) is 3.80. The molecule has 0 bridgehead atoms. The van der Waals surface area contributed by atoms with Crippen LogP contribution in [0.25, 0.3) is 0 Å². The Labute approximate surface area is 116 Å². The molecule has 1 atom stereocenters. The lowest BCUT2D eigenvalue weighted by Crippen LogP contribution is -2.52. The Morgan fingerprint density at radius 3 is 2.76 bits per heavy atom. The number of nitrogens with zero attached hydrogens (tertiary/aromatic N) is 2. The molecule has 1 unspecified atom stereocenters. The van der Waals surface area contributed by atoms with Crippen LogP contribution in [-0.2, 0) is 27.1 Å². The molecule has 1 aromatic heterocycles. The van der Waals surface area contributed by atoms with Crippen LogP contribution in [0.1, 0.15) is 18.5 Å². The van der Waals surface area contributed by atoms with E-state index in [4.69, 9.17) is 0 Å². The molecule has 0 aliphatic carbocycles. The van der Waals surface area contributed by atoms with Crippen molar-refractivity contribution in [2.24, 2.45) is 0 Å². The van der Waals surface area contributed by atoms with E-state index in [0.29, 0.717) is 0 Å². The van der Waals surface area contributed by atoms with Crippen molar-refractivity contribution in [3.8, 4) is 0 Å². The second-order valence-corrected chi connectivity index (χ2v) is 4.47. The smallest absolute Gasteiger partial charge is 0.343 e. The van der Waals surface area contributed by atoms with Crippen LogP contribution in [0.3, 0.4) is 0 Å². The molecule has 2 heterocycles. The number of hydrogen-bond donors (Lipinski definition) is 2. The molecule has 7 nitrogen and oxygen atoms in total. The summed E-state index contributed by atoms with van der Waals surface area (Å²) in [5.41, 5.74) is -1.10. The number of halogens is 3. The maximum absolute atomic E-state index is 12.3. The molecule has 21 heavy (non-hydrogen) atoms. The highest BCUT2D eigenvalue weighted by atomic mass is 19.4. The van der Waals surface area contributed by atoms with Gasteiger partial charge in [0.1, 0.15) is 12.6 Å². The van der Waals surface area contributed by atoms with Gasteiger partial charge in [0.25, 0.3) is 0 Å². The maximum Gasteiger partial charge on any atom is 0.435 e. The van der Waals surface area contributed by atoms with Crippen LogP contribution in [0.2, 0.25) is 0 Å². The molecule has 2 N–H and O–H groups in total. The summed E-state index contributed by atoms with van der Waals surface area (Å²) in [6, 6.07) is -0.118. The SMILES string of the molecule is O=C1CCC(NC(=O)Cn2ccc(C(F)(F)F)n2)C(=O)N1. The lowest BCUT2D eigenvalue weighted by atomic mass is 10.1. The second-order valence-electron chi connectivity index (χ2n) is 4.47. The molecule has 10 heteroatoms. The lowest BCUT2D eigenvalue weighted by molar-refractivity contribution is -0.141. The summed E-state index contributed by atoms with van der Waals surface area (Å²) in [6.07, 6.45) is -3.31. The summed E-state index contributed by atoms with van der Waals surface area (Å²) < 4.78 is 37.8. The Kier molecular flexibility index (Phi) is 3.96. The first-order valence-corrected chi connectivity index (χ1v) is 5.99. The molecule has 0 saturated carbocycles. The van der Waals surface area contributed by atoms with E-state index in [-0.39, 0.29) is 12.8 Å². The number of amides is 3. The van der Waals surface area contributed by atoms with Gasteiger partial charge >= 0.3 is 6.18 Å². The number of rotatable bonds is 3. The van der Waals surface area contributed by atoms with Crippen LogP contribution in [0.15, 0.2) is 12.3 Å². The fraction of sp³-hybridized carbons (Fsp3) is 0.455. The Morgan fingerprint density at radius 2 is 2.19 bits per heavy atom. The van der Waals surface area contributed by atoms with E-state index in [9.17, 15) is 27.6 Å². The summed E-state index contributed by atoms with van der Waals surface area (Å²) >= 11 is 0. The second kappa shape index (κ2) is 5.54. The maximum atomic E-state index is 12.3.